The van der Waals surface area contributed by atoms with Gasteiger partial charge in [-0.15, -0.1) is 11.3 Å². The van der Waals surface area contributed by atoms with Crippen molar-refractivity contribution in [1.82, 2.24) is 0 Å². The first-order chi connectivity index (χ1) is 8.79. The van der Waals surface area contributed by atoms with Crippen LogP contribution in [0, 0.1) is 19.7 Å². The van der Waals surface area contributed by atoms with E-state index in [9.17, 15) is 12.8 Å². The molecule has 0 atom stereocenters. The van der Waals surface area contributed by atoms with Gasteiger partial charge in [-0.1, -0.05) is 0 Å². The molecule has 0 spiro atoms. The van der Waals surface area contributed by atoms with Crippen LogP contribution in [0.15, 0.2) is 29.2 Å². The van der Waals surface area contributed by atoms with Gasteiger partial charge in [0.25, 0.3) is 10.0 Å². The van der Waals surface area contributed by atoms with Gasteiger partial charge in [0.15, 0.2) is 0 Å². The van der Waals surface area contributed by atoms with Crippen molar-refractivity contribution in [3.63, 3.8) is 0 Å². The second-order valence-electron chi connectivity index (χ2n) is 4.11. The molecule has 0 unspecified atom stereocenters. The number of rotatable bonds is 3. The zero-order valence-electron chi connectivity index (χ0n) is 10.4. The molecule has 7 heteroatoms. The van der Waals surface area contributed by atoms with Crippen LogP contribution in [0.3, 0.4) is 0 Å². The molecule has 0 bridgehead atoms. The Morgan fingerprint density at radius 3 is 2.53 bits per heavy atom. The molecule has 3 N–H and O–H groups in total. The highest BCUT2D eigenvalue weighted by atomic mass is 32.2. The summed E-state index contributed by atoms with van der Waals surface area (Å²) in [4.78, 5) is 1.77. The summed E-state index contributed by atoms with van der Waals surface area (Å²) in [5.74, 6) is -0.551. The summed E-state index contributed by atoms with van der Waals surface area (Å²) in [5.41, 5.74) is 5.85. The van der Waals surface area contributed by atoms with E-state index in [4.69, 9.17) is 5.73 Å². The highest BCUT2D eigenvalue weighted by Gasteiger charge is 2.20. The van der Waals surface area contributed by atoms with E-state index in [0.29, 0.717) is 4.88 Å². The molecule has 102 valence electrons. The van der Waals surface area contributed by atoms with Crippen molar-refractivity contribution in [3.8, 4) is 0 Å². The first-order valence-electron chi connectivity index (χ1n) is 5.44. The number of halogens is 1. The van der Waals surface area contributed by atoms with E-state index in [1.54, 1.807) is 13.0 Å². The summed E-state index contributed by atoms with van der Waals surface area (Å²) in [7, 11) is -3.75. The SMILES string of the molecule is Cc1cc(S(=O)(=O)Nc2cc(F)ccc2N)c(C)s1. The molecule has 0 aliphatic carbocycles. The predicted molar refractivity (Wildman–Crippen MR) is 75.4 cm³/mol. The maximum atomic E-state index is 13.1. The minimum Gasteiger partial charge on any atom is -0.397 e. The Bertz CT molecular complexity index is 723. The molecule has 0 fully saturated rings. The van der Waals surface area contributed by atoms with Crippen LogP contribution in [0.25, 0.3) is 0 Å². The first-order valence-corrected chi connectivity index (χ1v) is 7.74. The van der Waals surface area contributed by atoms with E-state index in [2.05, 4.69) is 4.72 Å². The summed E-state index contributed by atoms with van der Waals surface area (Å²) in [6.07, 6.45) is 0. The highest BCUT2D eigenvalue weighted by Crippen LogP contribution is 2.28. The molecule has 0 aliphatic heterocycles. The van der Waals surface area contributed by atoms with Crippen LogP contribution in [-0.4, -0.2) is 8.42 Å². The molecule has 1 heterocycles. The van der Waals surface area contributed by atoms with Gasteiger partial charge < -0.3 is 5.73 Å². The summed E-state index contributed by atoms with van der Waals surface area (Å²) in [6.45, 7) is 3.55. The average Bonchev–Trinajstić information content (AvgIpc) is 2.63. The number of nitrogen functional groups attached to an aromatic ring is 1. The molecule has 1 aromatic carbocycles. The standard InChI is InChI=1S/C12H13FN2O2S2/c1-7-5-12(8(2)18-7)19(16,17)15-11-6-9(13)3-4-10(11)14/h3-6,15H,14H2,1-2H3. The average molecular weight is 300 g/mol. The van der Waals surface area contributed by atoms with E-state index < -0.39 is 15.8 Å². The van der Waals surface area contributed by atoms with Crippen molar-refractivity contribution in [2.24, 2.45) is 0 Å². The van der Waals surface area contributed by atoms with E-state index in [1.807, 2.05) is 6.92 Å². The topological polar surface area (TPSA) is 72.2 Å². The lowest BCUT2D eigenvalue weighted by Crippen LogP contribution is -2.14. The van der Waals surface area contributed by atoms with E-state index in [0.717, 1.165) is 10.9 Å². The first kappa shape index (κ1) is 13.8. The van der Waals surface area contributed by atoms with Gasteiger partial charge >= 0.3 is 0 Å². The second kappa shape index (κ2) is 4.82. The number of thiophene rings is 1. The Balaban J connectivity index is 2.42. The van der Waals surface area contributed by atoms with Crippen LogP contribution in [0.2, 0.25) is 0 Å². The third-order valence-corrected chi connectivity index (χ3v) is 5.13. The molecule has 0 saturated heterocycles. The third-order valence-electron chi connectivity index (χ3n) is 2.54. The smallest absolute Gasteiger partial charge is 0.263 e. The monoisotopic (exact) mass is 300 g/mol. The number of nitrogens with one attached hydrogen (secondary N) is 1. The fraction of sp³-hybridized carbons (Fsp3) is 0.167. The van der Waals surface area contributed by atoms with Crippen LogP contribution in [0.5, 0.6) is 0 Å². The maximum absolute atomic E-state index is 13.1. The summed E-state index contributed by atoms with van der Waals surface area (Å²) >= 11 is 1.39. The van der Waals surface area contributed by atoms with E-state index in [1.165, 1.54) is 23.5 Å². The number of benzene rings is 1. The quantitative estimate of drug-likeness (QED) is 0.856. The minimum absolute atomic E-state index is 0.0447. The Morgan fingerprint density at radius 1 is 1.26 bits per heavy atom. The Hall–Kier alpha value is -1.60. The van der Waals surface area contributed by atoms with Gasteiger partial charge in [-0.3, -0.25) is 4.72 Å². The van der Waals surface area contributed by atoms with Gasteiger partial charge in [0, 0.05) is 15.8 Å². The van der Waals surface area contributed by atoms with Crippen LogP contribution < -0.4 is 10.5 Å². The van der Waals surface area contributed by atoms with Crippen molar-refractivity contribution in [2.75, 3.05) is 10.5 Å². The zero-order valence-corrected chi connectivity index (χ0v) is 12.0. The summed E-state index contributed by atoms with van der Waals surface area (Å²) < 4.78 is 39.9. The molecule has 1 aromatic heterocycles. The van der Waals surface area contributed by atoms with Gasteiger partial charge in [-0.25, -0.2) is 12.8 Å². The lowest BCUT2D eigenvalue weighted by Gasteiger charge is -2.10. The fourth-order valence-corrected chi connectivity index (χ4v) is 4.33. The molecule has 0 saturated carbocycles. The van der Waals surface area contributed by atoms with Crippen LogP contribution in [0.4, 0.5) is 15.8 Å². The van der Waals surface area contributed by atoms with Crippen molar-refractivity contribution in [2.45, 2.75) is 18.7 Å². The maximum Gasteiger partial charge on any atom is 0.263 e. The lowest BCUT2D eigenvalue weighted by atomic mass is 10.3. The molecule has 0 amide bonds. The van der Waals surface area contributed by atoms with Gasteiger partial charge in [0.2, 0.25) is 0 Å². The number of hydrogen-bond acceptors (Lipinski definition) is 4. The van der Waals surface area contributed by atoms with E-state index >= 15 is 0 Å². The van der Waals surface area contributed by atoms with Gasteiger partial charge in [0.05, 0.1) is 11.4 Å². The highest BCUT2D eigenvalue weighted by molar-refractivity contribution is 7.93. The Labute approximate surface area is 115 Å². The van der Waals surface area contributed by atoms with Crippen molar-refractivity contribution < 1.29 is 12.8 Å². The largest absolute Gasteiger partial charge is 0.397 e. The lowest BCUT2D eigenvalue weighted by molar-refractivity contribution is 0.601. The van der Waals surface area contributed by atoms with Crippen molar-refractivity contribution in [3.05, 3.63) is 39.8 Å². The van der Waals surface area contributed by atoms with Crippen LogP contribution in [0.1, 0.15) is 9.75 Å². The van der Waals surface area contributed by atoms with Crippen LogP contribution in [-0.2, 0) is 10.0 Å². The summed E-state index contributed by atoms with van der Waals surface area (Å²) in [5, 5.41) is 0. The van der Waals surface area contributed by atoms with Gasteiger partial charge in [0.1, 0.15) is 10.7 Å². The van der Waals surface area contributed by atoms with Crippen LogP contribution >= 0.6 is 11.3 Å². The molecule has 0 aliphatic rings. The van der Waals surface area contributed by atoms with Gasteiger partial charge in [-0.05, 0) is 32.0 Å². The van der Waals surface area contributed by atoms with E-state index in [-0.39, 0.29) is 16.3 Å². The molecule has 2 rings (SSSR count). The predicted octanol–water partition coefficient (Wildman–Crippen LogP) is 2.89. The Kier molecular flexibility index (Phi) is 3.51. The van der Waals surface area contributed by atoms with Crippen molar-refractivity contribution in [1.29, 1.82) is 0 Å². The number of hydrogen-bond donors (Lipinski definition) is 2. The molecule has 2 aromatic rings. The zero-order chi connectivity index (χ0) is 14.2. The fourth-order valence-electron chi connectivity index (χ4n) is 1.69. The number of anilines is 2. The molecule has 0 radical (unpaired) electrons. The number of nitrogens with two attached hydrogens (primary N) is 1. The molecule has 19 heavy (non-hydrogen) atoms. The molecular weight excluding hydrogens is 287 g/mol. The molecular formula is C12H13FN2O2S2. The van der Waals surface area contributed by atoms with Crippen molar-refractivity contribution >= 4 is 32.7 Å². The van der Waals surface area contributed by atoms with Gasteiger partial charge in [-0.2, -0.15) is 0 Å². The number of sulfonamides is 1. The minimum atomic E-state index is -3.75. The normalized spacial score (nSPS) is 11.5. The molecule has 4 nitrogen and oxygen atoms in total. The second-order valence-corrected chi connectivity index (χ2v) is 7.23. The Morgan fingerprint density at radius 2 is 1.95 bits per heavy atom. The number of aryl methyl sites for hydroxylation is 2. The summed E-state index contributed by atoms with van der Waals surface area (Å²) in [6, 6.07) is 5.13. The third kappa shape index (κ3) is 2.87.